The number of carbonyl (C=O) groups excluding carboxylic acids is 1. The second-order valence-corrected chi connectivity index (χ2v) is 4.64. The summed E-state index contributed by atoms with van der Waals surface area (Å²) in [4.78, 5) is 23.4. The van der Waals surface area contributed by atoms with Gasteiger partial charge in [0.05, 0.1) is 18.8 Å². The Labute approximate surface area is 127 Å². The number of aliphatic hydroxyl groups is 1. The molecule has 0 heterocycles. The number of fused-ring (bicyclic) bond motifs is 1. The van der Waals surface area contributed by atoms with Gasteiger partial charge < -0.3 is 20.3 Å². The van der Waals surface area contributed by atoms with Crippen molar-refractivity contribution in [3.05, 3.63) is 42.0 Å². The molecule has 0 saturated carbocycles. The fraction of sp³-hybridized carbons (Fsp3) is 0.250. The smallest absolute Gasteiger partial charge is 0.328 e. The third kappa shape index (κ3) is 3.17. The van der Waals surface area contributed by atoms with Crippen molar-refractivity contribution < 1.29 is 24.5 Å². The SMILES string of the molecule is CCOc1ccc2ccccc2c1C(=O)N[C@@H](CO)C(=O)O. The number of nitrogens with one attached hydrogen (secondary N) is 1. The van der Waals surface area contributed by atoms with Crippen molar-refractivity contribution in [2.45, 2.75) is 13.0 Å². The number of hydrogen-bond acceptors (Lipinski definition) is 4. The Morgan fingerprint density at radius 1 is 1.23 bits per heavy atom. The third-order valence-electron chi connectivity index (χ3n) is 3.20. The van der Waals surface area contributed by atoms with Crippen LogP contribution >= 0.6 is 0 Å². The molecule has 0 radical (unpaired) electrons. The van der Waals surface area contributed by atoms with E-state index in [1.54, 1.807) is 25.1 Å². The van der Waals surface area contributed by atoms with Gasteiger partial charge in [-0.05, 0) is 23.8 Å². The Hall–Kier alpha value is -2.60. The number of aliphatic carboxylic acids is 1. The summed E-state index contributed by atoms with van der Waals surface area (Å²) in [6, 6.07) is 9.39. The zero-order valence-corrected chi connectivity index (χ0v) is 12.1. The predicted octanol–water partition coefficient (Wildman–Crippen LogP) is 1.41. The number of ether oxygens (including phenoxy) is 1. The van der Waals surface area contributed by atoms with Crippen LogP contribution in [0.3, 0.4) is 0 Å². The molecule has 1 amide bonds. The van der Waals surface area contributed by atoms with E-state index in [4.69, 9.17) is 14.9 Å². The van der Waals surface area contributed by atoms with Gasteiger partial charge in [0.25, 0.3) is 5.91 Å². The first-order chi connectivity index (χ1) is 10.6. The summed E-state index contributed by atoms with van der Waals surface area (Å²) in [6.07, 6.45) is 0. The van der Waals surface area contributed by atoms with Crippen molar-refractivity contribution in [2.24, 2.45) is 0 Å². The molecule has 0 unspecified atom stereocenters. The van der Waals surface area contributed by atoms with Gasteiger partial charge in [-0.2, -0.15) is 0 Å². The molecule has 0 aromatic heterocycles. The molecule has 1 atom stereocenters. The summed E-state index contributed by atoms with van der Waals surface area (Å²) < 4.78 is 5.47. The molecule has 2 aromatic rings. The first-order valence-corrected chi connectivity index (χ1v) is 6.87. The highest BCUT2D eigenvalue weighted by atomic mass is 16.5. The highest BCUT2D eigenvalue weighted by Gasteiger charge is 2.23. The first kappa shape index (κ1) is 15.8. The van der Waals surface area contributed by atoms with Crippen molar-refractivity contribution in [1.29, 1.82) is 0 Å². The molecule has 0 aliphatic rings. The quantitative estimate of drug-likeness (QED) is 0.750. The lowest BCUT2D eigenvalue weighted by Crippen LogP contribution is -2.43. The van der Waals surface area contributed by atoms with E-state index in [0.717, 1.165) is 5.39 Å². The zero-order chi connectivity index (χ0) is 16.1. The minimum atomic E-state index is -1.36. The van der Waals surface area contributed by atoms with Crippen LogP contribution in [0.4, 0.5) is 0 Å². The number of benzene rings is 2. The van der Waals surface area contributed by atoms with Crippen LogP contribution in [-0.2, 0) is 4.79 Å². The van der Waals surface area contributed by atoms with Crippen LogP contribution in [0, 0.1) is 0 Å². The van der Waals surface area contributed by atoms with E-state index in [-0.39, 0.29) is 5.56 Å². The summed E-state index contributed by atoms with van der Waals surface area (Å²) >= 11 is 0. The summed E-state index contributed by atoms with van der Waals surface area (Å²) in [5.74, 6) is -1.52. The minimum absolute atomic E-state index is 0.264. The van der Waals surface area contributed by atoms with Crippen molar-refractivity contribution in [1.82, 2.24) is 5.32 Å². The number of carboxylic acid groups (broad SMARTS) is 1. The minimum Gasteiger partial charge on any atom is -0.493 e. The number of aliphatic hydroxyl groups excluding tert-OH is 1. The molecule has 116 valence electrons. The molecule has 22 heavy (non-hydrogen) atoms. The van der Waals surface area contributed by atoms with Crippen LogP contribution in [0.25, 0.3) is 10.8 Å². The average molecular weight is 303 g/mol. The van der Waals surface area contributed by atoms with Gasteiger partial charge in [0.15, 0.2) is 6.04 Å². The molecule has 0 saturated heterocycles. The second-order valence-electron chi connectivity index (χ2n) is 4.64. The molecule has 0 aliphatic heterocycles. The van der Waals surface area contributed by atoms with Crippen LogP contribution in [0.15, 0.2) is 36.4 Å². The summed E-state index contributed by atoms with van der Waals surface area (Å²) in [5, 5.41) is 21.8. The summed E-state index contributed by atoms with van der Waals surface area (Å²) in [7, 11) is 0. The lowest BCUT2D eigenvalue weighted by atomic mass is 10.0. The van der Waals surface area contributed by atoms with Crippen molar-refractivity contribution in [3.8, 4) is 5.75 Å². The van der Waals surface area contributed by atoms with Gasteiger partial charge in [0.2, 0.25) is 0 Å². The van der Waals surface area contributed by atoms with E-state index < -0.39 is 24.5 Å². The lowest BCUT2D eigenvalue weighted by Gasteiger charge is -2.16. The van der Waals surface area contributed by atoms with Crippen molar-refractivity contribution >= 4 is 22.6 Å². The van der Waals surface area contributed by atoms with Gasteiger partial charge in [-0.3, -0.25) is 4.79 Å². The average Bonchev–Trinajstić information content (AvgIpc) is 2.52. The Kier molecular flexibility index (Phi) is 4.95. The van der Waals surface area contributed by atoms with E-state index in [2.05, 4.69) is 5.32 Å². The maximum atomic E-state index is 12.5. The van der Waals surface area contributed by atoms with Gasteiger partial charge in [0, 0.05) is 0 Å². The van der Waals surface area contributed by atoms with Crippen LogP contribution in [0.1, 0.15) is 17.3 Å². The molecule has 0 spiro atoms. The molecule has 2 aromatic carbocycles. The zero-order valence-electron chi connectivity index (χ0n) is 12.1. The monoisotopic (exact) mass is 303 g/mol. The van der Waals surface area contributed by atoms with Crippen molar-refractivity contribution in [2.75, 3.05) is 13.2 Å². The summed E-state index contributed by atoms with van der Waals surface area (Å²) in [6.45, 7) is 1.49. The molecule has 3 N–H and O–H groups in total. The fourth-order valence-electron chi connectivity index (χ4n) is 2.18. The first-order valence-electron chi connectivity index (χ1n) is 6.87. The topological polar surface area (TPSA) is 95.9 Å². The van der Waals surface area contributed by atoms with Gasteiger partial charge in [-0.1, -0.05) is 30.3 Å². The lowest BCUT2D eigenvalue weighted by molar-refractivity contribution is -0.140. The van der Waals surface area contributed by atoms with Gasteiger partial charge in [-0.25, -0.2) is 4.79 Å². The van der Waals surface area contributed by atoms with E-state index >= 15 is 0 Å². The van der Waals surface area contributed by atoms with E-state index in [9.17, 15) is 9.59 Å². The van der Waals surface area contributed by atoms with Crippen LogP contribution in [0.5, 0.6) is 5.75 Å². The third-order valence-corrected chi connectivity index (χ3v) is 3.20. The molecule has 0 bridgehead atoms. The maximum Gasteiger partial charge on any atom is 0.328 e. The number of carboxylic acids is 1. The molecular weight excluding hydrogens is 286 g/mol. The summed E-state index contributed by atoms with van der Waals surface area (Å²) in [5.41, 5.74) is 0.264. The number of hydrogen-bond donors (Lipinski definition) is 3. The predicted molar refractivity (Wildman–Crippen MR) is 81.1 cm³/mol. The Balaban J connectivity index is 2.48. The van der Waals surface area contributed by atoms with E-state index in [1.165, 1.54) is 0 Å². The Morgan fingerprint density at radius 3 is 2.59 bits per heavy atom. The molecule has 0 aliphatic carbocycles. The van der Waals surface area contributed by atoms with E-state index in [0.29, 0.717) is 17.7 Å². The second kappa shape index (κ2) is 6.91. The highest BCUT2D eigenvalue weighted by Crippen LogP contribution is 2.28. The maximum absolute atomic E-state index is 12.5. The fourth-order valence-corrected chi connectivity index (χ4v) is 2.18. The Morgan fingerprint density at radius 2 is 1.95 bits per heavy atom. The van der Waals surface area contributed by atoms with E-state index in [1.807, 2.05) is 18.2 Å². The molecule has 6 heteroatoms. The molecular formula is C16H17NO5. The number of amides is 1. The van der Waals surface area contributed by atoms with Crippen LogP contribution in [0.2, 0.25) is 0 Å². The highest BCUT2D eigenvalue weighted by molar-refractivity contribution is 6.10. The molecule has 6 nitrogen and oxygen atoms in total. The van der Waals surface area contributed by atoms with Gasteiger partial charge in [-0.15, -0.1) is 0 Å². The van der Waals surface area contributed by atoms with Crippen molar-refractivity contribution in [3.63, 3.8) is 0 Å². The largest absolute Gasteiger partial charge is 0.493 e. The number of carbonyl (C=O) groups is 2. The molecule has 2 rings (SSSR count). The van der Waals surface area contributed by atoms with Gasteiger partial charge >= 0.3 is 5.97 Å². The molecule has 0 fully saturated rings. The number of rotatable bonds is 6. The van der Waals surface area contributed by atoms with Gasteiger partial charge in [0.1, 0.15) is 5.75 Å². The van der Waals surface area contributed by atoms with Crippen LogP contribution in [-0.4, -0.2) is 41.3 Å². The normalized spacial score (nSPS) is 11.9. The standard InChI is InChI=1S/C16H17NO5/c1-2-22-13-8-7-10-5-3-4-6-11(10)14(13)15(19)17-12(9-18)16(20)21/h3-8,12,18H,2,9H2,1H3,(H,17,19)(H,20,21)/t12-/m0/s1. The Bertz CT molecular complexity index is 698. The van der Waals surface area contributed by atoms with Crippen LogP contribution < -0.4 is 10.1 Å².